The molecule has 0 aliphatic carbocycles. The van der Waals surface area contributed by atoms with E-state index in [1.54, 1.807) is 0 Å². The molecule has 17 heavy (non-hydrogen) atoms. The van der Waals surface area contributed by atoms with Gasteiger partial charge in [0.2, 0.25) is 0 Å². The summed E-state index contributed by atoms with van der Waals surface area (Å²) < 4.78 is 75.7. The van der Waals surface area contributed by atoms with E-state index >= 15 is 0 Å². The van der Waals surface area contributed by atoms with Crippen LogP contribution in [0.4, 0.5) is 26.3 Å². The number of hydrogen-bond donors (Lipinski definition) is 0. The van der Waals surface area contributed by atoms with Crippen LogP contribution in [-0.4, -0.2) is 0 Å². The van der Waals surface area contributed by atoms with Gasteiger partial charge >= 0.3 is 12.4 Å². The molecule has 0 fully saturated rings. The summed E-state index contributed by atoms with van der Waals surface area (Å²) >= 11 is 0. The zero-order valence-corrected chi connectivity index (χ0v) is 9.13. The number of aryl methyl sites for hydroxylation is 1. The lowest BCUT2D eigenvalue weighted by Crippen LogP contribution is -2.19. The number of rotatable bonds is 1. The van der Waals surface area contributed by atoms with Gasteiger partial charge in [0.05, 0.1) is 11.1 Å². The Balaban J connectivity index is 3.64. The second kappa shape index (κ2) is 4.23. The Morgan fingerprint density at radius 2 is 1.47 bits per heavy atom. The van der Waals surface area contributed by atoms with Gasteiger partial charge in [0.1, 0.15) is 0 Å². The van der Waals surface area contributed by atoms with E-state index < -0.39 is 23.5 Å². The first-order valence-corrected chi connectivity index (χ1v) is 4.86. The smallest absolute Gasteiger partial charge is 0.166 e. The molecule has 0 saturated heterocycles. The quantitative estimate of drug-likeness (QED) is 0.644. The molecule has 0 nitrogen and oxygen atoms in total. The average molecular weight is 256 g/mol. The maximum absolute atomic E-state index is 12.7. The van der Waals surface area contributed by atoms with Crippen molar-refractivity contribution in [2.75, 3.05) is 0 Å². The maximum Gasteiger partial charge on any atom is 0.417 e. The summed E-state index contributed by atoms with van der Waals surface area (Å²) in [4.78, 5) is 0. The highest BCUT2D eigenvalue weighted by Gasteiger charge is 2.44. The lowest BCUT2D eigenvalue weighted by Gasteiger charge is -2.20. The topological polar surface area (TPSA) is 0 Å². The zero-order valence-electron chi connectivity index (χ0n) is 9.13. The molecular formula is C11H10F6. The SMILES string of the molecule is CCc1c(C)ccc(C(F)(F)F)c1C(F)(F)F. The first kappa shape index (κ1) is 13.9. The summed E-state index contributed by atoms with van der Waals surface area (Å²) in [6.07, 6.45) is -10.1. The summed E-state index contributed by atoms with van der Waals surface area (Å²) in [5.74, 6) is 0. The predicted molar refractivity (Wildman–Crippen MR) is 50.6 cm³/mol. The van der Waals surface area contributed by atoms with Crippen LogP contribution in [0.2, 0.25) is 0 Å². The number of alkyl halides is 6. The predicted octanol–water partition coefficient (Wildman–Crippen LogP) is 4.60. The molecule has 1 aromatic carbocycles. The number of halogens is 6. The number of hydrogen-bond acceptors (Lipinski definition) is 0. The molecule has 1 aromatic rings. The second-order valence-corrected chi connectivity index (χ2v) is 3.63. The Bertz CT molecular complexity index is 413. The summed E-state index contributed by atoms with van der Waals surface area (Å²) in [7, 11) is 0. The van der Waals surface area contributed by atoms with Crippen LogP contribution in [0.15, 0.2) is 12.1 Å². The van der Waals surface area contributed by atoms with Gasteiger partial charge in [-0.25, -0.2) is 0 Å². The van der Waals surface area contributed by atoms with Crippen molar-refractivity contribution in [2.24, 2.45) is 0 Å². The Kier molecular flexibility index (Phi) is 3.45. The summed E-state index contributed by atoms with van der Waals surface area (Å²) in [5.41, 5.74) is -3.26. The highest BCUT2D eigenvalue weighted by atomic mass is 19.4. The minimum absolute atomic E-state index is 0.0927. The normalized spacial score (nSPS) is 12.9. The van der Waals surface area contributed by atoms with Crippen LogP contribution in [0.3, 0.4) is 0 Å². The molecule has 0 N–H and O–H groups in total. The highest BCUT2D eigenvalue weighted by molar-refractivity contribution is 5.44. The molecule has 0 aliphatic heterocycles. The molecule has 0 amide bonds. The van der Waals surface area contributed by atoms with E-state index in [2.05, 4.69) is 0 Å². The molecule has 0 atom stereocenters. The average Bonchev–Trinajstić information content (AvgIpc) is 2.13. The van der Waals surface area contributed by atoms with Crippen molar-refractivity contribution in [2.45, 2.75) is 32.6 Å². The van der Waals surface area contributed by atoms with Crippen molar-refractivity contribution in [3.8, 4) is 0 Å². The molecular weight excluding hydrogens is 246 g/mol. The monoisotopic (exact) mass is 256 g/mol. The Morgan fingerprint density at radius 3 is 1.82 bits per heavy atom. The lowest BCUT2D eigenvalue weighted by atomic mass is 9.94. The van der Waals surface area contributed by atoms with Crippen LogP contribution in [0.5, 0.6) is 0 Å². The summed E-state index contributed by atoms with van der Waals surface area (Å²) in [6.45, 7) is 2.77. The fourth-order valence-corrected chi connectivity index (χ4v) is 1.77. The van der Waals surface area contributed by atoms with Gasteiger partial charge in [-0.3, -0.25) is 0 Å². The van der Waals surface area contributed by atoms with Crippen molar-refractivity contribution in [1.29, 1.82) is 0 Å². The van der Waals surface area contributed by atoms with E-state index in [9.17, 15) is 26.3 Å². The summed E-state index contributed by atoms with van der Waals surface area (Å²) in [6, 6.07) is 1.55. The van der Waals surface area contributed by atoms with Crippen molar-refractivity contribution >= 4 is 0 Å². The van der Waals surface area contributed by atoms with E-state index in [1.165, 1.54) is 13.8 Å². The Morgan fingerprint density at radius 1 is 0.941 bits per heavy atom. The van der Waals surface area contributed by atoms with Crippen molar-refractivity contribution < 1.29 is 26.3 Å². The fourth-order valence-electron chi connectivity index (χ4n) is 1.77. The van der Waals surface area contributed by atoms with Crippen LogP contribution in [-0.2, 0) is 18.8 Å². The second-order valence-electron chi connectivity index (χ2n) is 3.63. The van der Waals surface area contributed by atoms with E-state index in [0.29, 0.717) is 6.07 Å². The molecule has 1 rings (SSSR count). The van der Waals surface area contributed by atoms with E-state index in [4.69, 9.17) is 0 Å². The Labute approximate surface area is 94.2 Å². The first-order valence-electron chi connectivity index (χ1n) is 4.86. The highest BCUT2D eigenvalue weighted by Crippen LogP contribution is 2.42. The molecule has 0 radical (unpaired) electrons. The van der Waals surface area contributed by atoms with Gasteiger partial charge in [0.15, 0.2) is 0 Å². The molecule has 0 saturated carbocycles. The molecule has 96 valence electrons. The molecule has 0 spiro atoms. The molecule has 0 aliphatic rings. The van der Waals surface area contributed by atoms with Crippen LogP contribution >= 0.6 is 0 Å². The molecule has 0 aromatic heterocycles. The molecule has 0 unspecified atom stereocenters. The van der Waals surface area contributed by atoms with E-state index in [-0.39, 0.29) is 17.5 Å². The fraction of sp³-hybridized carbons (Fsp3) is 0.455. The van der Waals surface area contributed by atoms with Gasteiger partial charge in [-0.15, -0.1) is 0 Å². The molecule has 6 heteroatoms. The minimum atomic E-state index is -5.00. The largest absolute Gasteiger partial charge is 0.417 e. The third-order valence-corrected chi connectivity index (χ3v) is 2.49. The van der Waals surface area contributed by atoms with Crippen molar-refractivity contribution in [1.82, 2.24) is 0 Å². The van der Waals surface area contributed by atoms with Gasteiger partial charge in [-0.2, -0.15) is 26.3 Å². The third kappa shape index (κ3) is 2.73. The maximum atomic E-state index is 12.7. The van der Waals surface area contributed by atoms with Crippen molar-refractivity contribution in [3.05, 3.63) is 34.4 Å². The third-order valence-electron chi connectivity index (χ3n) is 2.49. The molecule has 0 bridgehead atoms. The molecule has 0 heterocycles. The first-order chi connectivity index (χ1) is 7.59. The van der Waals surface area contributed by atoms with Gasteiger partial charge in [-0.1, -0.05) is 13.0 Å². The standard InChI is InChI=1S/C11H10F6/c1-3-7-6(2)4-5-8(10(12,13)14)9(7)11(15,16)17/h4-5H,3H2,1-2H3. The summed E-state index contributed by atoms with van der Waals surface area (Å²) in [5, 5.41) is 0. The van der Waals surface area contributed by atoms with Crippen LogP contribution in [0.1, 0.15) is 29.2 Å². The van der Waals surface area contributed by atoms with E-state index in [0.717, 1.165) is 6.07 Å². The van der Waals surface area contributed by atoms with Crippen molar-refractivity contribution in [3.63, 3.8) is 0 Å². The minimum Gasteiger partial charge on any atom is -0.166 e. The zero-order chi connectivity index (χ0) is 13.4. The van der Waals surface area contributed by atoms with Gasteiger partial charge in [0.25, 0.3) is 0 Å². The van der Waals surface area contributed by atoms with Gasteiger partial charge < -0.3 is 0 Å². The van der Waals surface area contributed by atoms with E-state index in [1.807, 2.05) is 0 Å². The Hall–Kier alpha value is -1.20. The van der Waals surface area contributed by atoms with Crippen LogP contribution in [0.25, 0.3) is 0 Å². The lowest BCUT2D eigenvalue weighted by molar-refractivity contribution is -0.162. The van der Waals surface area contributed by atoms with Crippen LogP contribution in [0, 0.1) is 6.92 Å². The van der Waals surface area contributed by atoms with Gasteiger partial charge in [0, 0.05) is 0 Å². The van der Waals surface area contributed by atoms with Gasteiger partial charge in [-0.05, 0) is 30.5 Å². The number of benzene rings is 1. The van der Waals surface area contributed by atoms with Crippen LogP contribution < -0.4 is 0 Å².